The van der Waals surface area contributed by atoms with Gasteiger partial charge in [-0.25, -0.2) is 4.79 Å². The number of hydrogen-bond acceptors (Lipinski definition) is 12. The first-order valence-electron chi connectivity index (χ1n) is 12.7. The summed E-state index contributed by atoms with van der Waals surface area (Å²) in [6, 6.07) is 15.5. The molecule has 0 saturated carbocycles. The van der Waals surface area contributed by atoms with Crippen molar-refractivity contribution < 1.29 is 54.1 Å². The molecule has 5 atom stereocenters. The number of carbonyl (C=O) groups excluding carboxylic acids is 1. The van der Waals surface area contributed by atoms with Gasteiger partial charge >= 0.3 is 5.97 Å². The van der Waals surface area contributed by atoms with Crippen LogP contribution >= 0.6 is 0 Å². The molecular formula is C30H26O12. The molecule has 0 spiro atoms. The first-order valence-corrected chi connectivity index (χ1v) is 12.7. The van der Waals surface area contributed by atoms with Crippen molar-refractivity contribution in [2.45, 2.75) is 30.7 Å². The van der Waals surface area contributed by atoms with E-state index in [1.165, 1.54) is 54.6 Å². The van der Waals surface area contributed by atoms with Gasteiger partial charge in [-0.2, -0.15) is 0 Å². The van der Waals surface area contributed by atoms with Crippen molar-refractivity contribution in [3.63, 3.8) is 0 Å². The van der Waals surface area contributed by atoms with Crippen LogP contribution in [-0.2, 0) is 14.3 Å². The second kappa shape index (κ2) is 11.9. The Labute approximate surface area is 237 Å². The van der Waals surface area contributed by atoms with Gasteiger partial charge in [0.15, 0.2) is 5.43 Å². The Bertz CT molecular complexity index is 1660. The van der Waals surface area contributed by atoms with Crippen molar-refractivity contribution in [3.05, 3.63) is 88.6 Å². The van der Waals surface area contributed by atoms with Gasteiger partial charge in [-0.3, -0.25) is 4.79 Å². The van der Waals surface area contributed by atoms with E-state index in [0.29, 0.717) is 11.1 Å². The van der Waals surface area contributed by atoms with Gasteiger partial charge in [0.05, 0.1) is 0 Å². The topological polar surface area (TPSA) is 196 Å². The lowest BCUT2D eigenvalue weighted by Gasteiger charge is -2.39. The van der Waals surface area contributed by atoms with Crippen molar-refractivity contribution in [2.24, 2.45) is 0 Å². The summed E-state index contributed by atoms with van der Waals surface area (Å²) in [7, 11) is 0. The minimum Gasteiger partial charge on any atom is -0.508 e. The Morgan fingerprint density at radius 1 is 0.857 bits per heavy atom. The van der Waals surface area contributed by atoms with E-state index >= 15 is 0 Å². The second-order valence-corrected chi connectivity index (χ2v) is 9.52. The fourth-order valence-electron chi connectivity index (χ4n) is 4.33. The van der Waals surface area contributed by atoms with Gasteiger partial charge < -0.3 is 49.3 Å². The molecular weight excluding hydrogens is 552 g/mol. The van der Waals surface area contributed by atoms with Gasteiger partial charge in [0.2, 0.25) is 6.29 Å². The third-order valence-electron chi connectivity index (χ3n) is 6.55. The number of phenols is 3. The van der Waals surface area contributed by atoms with E-state index < -0.39 is 54.5 Å². The summed E-state index contributed by atoms with van der Waals surface area (Å²) < 4.78 is 22.2. The van der Waals surface area contributed by atoms with E-state index in [0.717, 1.165) is 12.1 Å². The lowest BCUT2D eigenvalue weighted by atomic mass is 9.99. The lowest BCUT2D eigenvalue weighted by Crippen LogP contribution is -2.60. The van der Waals surface area contributed by atoms with Crippen LogP contribution in [0.3, 0.4) is 0 Å². The fraction of sp³-hybridized carbons (Fsp3) is 0.200. The summed E-state index contributed by atoms with van der Waals surface area (Å²) >= 11 is 0. The predicted molar refractivity (Wildman–Crippen MR) is 147 cm³/mol. The van der Waals surface area contributed by atoms with Crippen LogP contribution in [0.4, 0.5) is 0 Å². The summed E-state index contributed by atoms with van der Waals surface area (Å²) in [5.74, 6) is -1.13. The molecule has 2 heterocycles. The average molecular weight is 579 g/mol. The first kappa shape index (κ1) is 28.6. The third kappa shape index (κ3) is 6.21. The molecule has 12 nitrogen and oxygen atoms in total. The highest BCUT2D eigenvalue weighted by Gasteiger charge is 2.45. The third-order valence-corrected chi connectivity index (χ3v) is 6.55. The Hall–Kier alpha value is -4.88. The molecule has 0 radical (unpaired) electrons. The monoisotopic (exact) mass is 578 g/mol. The first-order chi connectivity index (χ1) is 20.1. The molecule has 4 aromatic rings. The molecule has 1 aliphatic rings. The van der Waals surface area contributed by atoms with Crippen molar-refractivity contribution in [1.82, 2.24) is 0 Å². The lowest BCUT2D eigenvalue weighted by molar-refractivity contribution is -0.278. The zero-order valence-electron chi connectivity index (χ0n) is 21.7. The van der Waals surface area contributed by atoms with E-state index in [2.05, 4.69) is 0 Å². The minimum absolute atomic E-state index is 0.0205. The summed E-state index contributed by atoms with van der Waals surface area (Å²) in [6.07, 6.45) is -5.43. The van der Waals surface area contributed by atoms with Crippen LogP contribution in [0.1, 0.15) is 5.56 Å². The second-order valence-electron chi connectivity index (χ2n) is 9.52. The molecule has 3 aromatic carbocycles. The molecule has 0 amide bonds. The highest BCUT2D eigenvalue weighted by Crippen LogP contribution is 2.33. The maximum atomic E-state index is 12.7. The zero-order chi connectivity index (χ0) is 30.0. The van der Waals surface area contributed by atoms with Gasteiger partial charge in [0.25, 0.3) is 0 Å². The summed E-state index contributed by atoms with van der Waals surface area (Å²) in [4.78, 5) is 24.9. The maximum absolute atomic E-state index is 12.7. The Morgan fingerprint density at radius 2 is 1.52 bits per heavy atom. The molecule has 1 aliphatic heterocycles. The average Bonchev–Trinajstić information content (AvgIpc) is 2.96. The van der Waals surface area contributed by atoms with Crippen molar-refractivity contribution in [1.29, 1.82) is 0 Å². The number of aliphatic hydroxyl groups excluding tert-OH is 3. The van der Waals surface area contributed by atoms with Crippen LogP contribution in [0.25, 0.3) is 28.4 Å². The number of benzene rings is 3. The highest BCUT2D eigenvalue weighted by atomic mass is 16.7. The van der Waals surface area contributed by atoms with Crippen LogP contribution < -0.4 is 10.2 Å². The Kier molecular flexibility index (Phi) is 8.13. The molecule has 218 valence electrons. The molecule has 5 rings (SSSR count). The number of phenolic OH excluding ortho intramolecular Hbond substituents is 3. The number of carbonyl (C=O) groups is 1. The van der Waals surface area contributed by atoms with Gasteiger partial charge in [-0.15, -0.1) is 0 Å². The van der Waals surface area contributed by atoms with Crippen molar-refractivity contribution >= 4 is 23.0 Å². The van der Waals surface area contributed by atoms with E-state index in [1.807, 2.05) is 0 Å². The summed E-state index contributed by atoms with van der Waals surface area (Å²) in [5, 5.41) is 60.5. The van der Waals surface area contributed by atoms with Crippen LogP contribution in [-0.4, -0.2) is 73.9 Å². The van der Waals surface area contributed by atoms with Crippen molar-refractivity contribution in [2.75, 3.05) is 6.61 Å². The largest absolute Gasteiger partial charge is 0.508 e. The Balaban J connectivity index is 1.31. The van der Waals surface area contributed by atoms with Gasteiger partial charge in [-0.1, -0.05) is 12.1 Å². The minimum atomic E-state index is -1.74. The van der Waals surface area contributed by atoms with E-state index in [1.54, 1.807) is 12.1 Å². The maximum Gasteiger partial charge on any atom is 0.330 e. The molecule has 0 aliphatic carbocycles. The highest BCUT2D eigenvalue weighted by molar-refractivity contribution is 5.87. The fourth-order valence-corrected chi connectivity index (χ4v) is 4.33. The molecule has 42 heavy (non-hydrogen) atoms. The van der Waals surface area contributed by atoms with Crippen LogP contribution in [0.5, 0.6) is 23.0 Å². The number of aromatic hydroxyl groups is 3. The molecule has 1 aromatic heterocycles. The predicted octanol–water partition coefficient (Wildman–Crippen LogP) is 2.02. The quantitative estimate of drug-likeness (QED) is 0.138. The number of rotatable bonds is 7. The SMILES string of the molecule is O=C(/C=C/c1ccc(O)cc1)OC[C@H]1O[C@@H](Oc2cc(O)c3c(=O)cc(-c4ccc(O)cc4)oc3c2)[C@@H](O)[C@@H](O)[C@@H]1O. The number of hydrogen-bond donors (Lipinski definition) is 6. The molecule has 0 unspecified atom stereocenters. The number of ether oxygens (including phenoxy) is 3. The standard InChI is InChI=1S/C30H26O12/c31-17-6-1-15(2-7-17)3-10-25(35)39-14-24-27(36)28(37)29(38)30(42-24)40-19-11-20(33)26-21(34)13-22(41-23(26)12-19)16-4-8-18(32)9-5-16/h1-13,24,27-33,36-38H,14H2/b10-3+/t24-,27-,28+,29+,30-/m1/s1. The van der Waals surface area contributed by atoms with Crippen LogP contribution in [0.2, 0.25) is 0 Å². The number of aliphatic hydroxyl groups is 3. The molecule has 6 N–H and O–H groups in total. The molecule has 12 heteroatoms. The smallest absolute Gasteiger partial charge is 0.330 e. The number of esters is 1. The normalized spacial score (nSPS) is 22.3. The van der Waals surface area contributed by atoms with E-state index in [9.17, 15) is 40.2 Å². The van der Waals surface area contributed by atoms with E-state index in [4.69, 9.17) is 18.6 Å². The summed E-state index contributed by atoms with van der Waals surface area (Å²) in [6.45, 7) is -0.503. The zero-order valence-corrected chi connectivity index (χ0v) is 21.7. The van der Waals surface area contributed by atoms with Crippen molar-refractivity contribution in [3.8, 4) is 34.3 Å². The van der Waals surface area contributed by atoms with Crippen LogP contribution in [0, 0.1) is 0 Å². The van der Waals surface area contributed by atoms with Crippen LogP contribution in [0.15, 0.2) is 82.0 Å². The number of fused-ring (bicyclic) bond motifs is 1. The van der Waals surface area contributed by atoms with Gasteiger partial charge in [-0.05, 0) is 48.0 Å². The molecule has 0 bridgehead atoms. The molecule has 1 fully saturated rings. The van der Waals surface area contributed by atoms with Gasteiger partial charge in [0, 0.05) is 29.8 Å². The molecule has 1 saturated heterocycles. The van der Waals surface area contributed by atoms with Gasteiger partial charge in [0.1, 0.15) is 70.8 Å². The summed E-state index contributed by atoms with van der Waals surface area (Å²) in [5.41, 5.74) is 0.501. The van der Waals surface area contributed by atoms with E-state index in [-0.39, 0.29) is 34.0 Å². The Morgan fingerprint density at radius 3 is 2.21 bits per heavy atom.